The monoisotopic (exact) mass is 434 g/mol. The number of ether oxygens (including phenoxy) is 3. The smallest absolute Gasteiger partial charge is 0.311 e. The Kier molecular flexibility index (Phi) is 8.69. The van der Waals surface area contributed by atoms with Crippen molar-refractivity contribution in [2.45, 2.75) is 59.2 Å². The number of hydrogen-bond acceptors (Lipinski definition) is 4. The first-order valence-corrected chi connectivity index (χ1v) is 11.5. The molecule has 0 heterocycles. The molecule has 0 aliphatic carbocycles. The summed E-state index contributed by atoms with van der Waals surface area (Å²) >= 11 is 0. The van der Waals surface area contributed by atoms with E-state index in [2.05, 4.69) is 58.0 Å². The zero-order valence-corrected chi connectivity index (χ0v) is 19.5. The van der Waals surface area contributed by atoms with Crippen molar-refractivity contribution in [3.8, 4) is 11.5 Å². The number of rotatable bonds is 11. The molecule has 0 aliphatic heterocycles. The second-order valence-corrected chi connectivity index (χ2v) is 8.50. The number of para-hydroxylation sites is 1. The van der Waals surface area contributed by atoms with E-state index in [9.17, 15) is 4.79 Å². The topological polar surface area (TPSA) is 44.8 Å². The summed E-state index contributed by atoms with van der Waals surface area (Å²) < 4.78 is 17.7. The molecule has 0 aliphatic rings. The highest BCUT2D eigenvalue weighted by molar-refractivity contribution is 5.91. The van der Waals surface area contributed by atoms with Crippen LogP contribution in [0.15, 0.2) is 66.7 Å². The molecule has 0 fully saturated rings. The van der Waals surface area contributed by atoms with Gasteiger partial charge in [0.05, 0.1) is 6.61 Å². The summed E-state index contributed by atoms with van der Waals surface area (Å²) in [6.45, 7) is 9.04. The Labute approximate surface area is 191 Å². The number of carbonyl (C=O) groups excluding carboxylic acids is 1. The van der Waals surface area contributed by atoms with Gasteiger partial charge in [-0.25, -0.2) is 0 Å². The first-order chi connectivity index (χ1) is 15.5. The molecule has 4 heteroatoms. The summed E-state index contributed by atoms with van der Waals surface area (Å²) in [5.74, 6) is 1.79. The number of esters is 1. The van der Waals surface area contributed by atoms with Crippen LogP contribution in [0.4, 0.5) is 0 Å². The van der Waals surface area contributed by atoms with Gasteiger partial charge in [0.1, 0.15) is 11.5 Å². The molecule has 2 atom stereocenters. The van der Waals surface area contributed by atoms with E-state index in [0.717, 1.165) is 17.6 Å². The van der Waals surface area contributed by atoms with Crippen molar-refractivity contribution in [1.29, 1.82) is 0 Å². The van der Waals surface area contributed by atoms with E-state index in [0.29, 0.717) is 31.1 Å². The van der Waals surface area contributed by atoms with Crippen molar-refractivity contribution in [3.63, 3.8) is 0 Å². The molecule has 3 aromatic carbocycles. The molecule has 0 N–H and O–H groups in total. The van der Waals surface area contributed by atoms with Gasteiger partial charge in [0.15, 0.2) is 0 Å². The predicted molar refractivity (Wildman–Crippen MR) is 129 cm³/mol. The molecule has 2 unspecified atom stereocenters. The summed E-state index contributed by atoms with van der Waals surface area (Å²) in [5, 5.41) is 2.33. The van der Waals surface area contributed by atoms with Crippen molar-refractivity contribution in [2.24, 2.45) is 5.92 Å². The molecule has 32 heavy (non-hydrogen) atoms. The minimum absolute atomic E-state index is 0.166. The lowest BCUT2D eigenvalue weighted by Gasteiger charge is -2.24. The SMILES string of the molecule is CCC(C)c1ccc(OC(OCCCC(=O)Oc2ccccc2)C(C)C)c2ccccc12. The molecule has 0 amide bonds. The lowest BCUT2D eigenvalue weighted by molar-refractivity contribution is -0.136. The van der Waals surface area contributed by atoms with Gasteiger partial charge in [0.2, 0.25) is 6.29 Å². The van der Waals surface area contributed by atoms with Crippen LogP contribution in [-0.2, 0) is 9.53 Å². The Morgan fingerprint density at radius 3 is 2.25 bits per heavy atom. The molecular weight excluding hydrogens is 400 g/mol. The third kappa shape index (κ3) is 6.33. The Balaban J connectivity index is 1.60. The minimum Gasteiger partial charge on any atom is -0.464 e. The van der Waals surface area contributed by atoms with E-state index < -0.39 is 6.29 Å². The lowest BCUT2D eigenvalue weighted by atomic mass is 9.92. The van der Waals surface area contributed by atoms with Crippen LogP contribution in [0.5, 0.6) is 11.5 Å². The third-order valence-corrected chi connectivity index (χ3v) is 5.63. The van der Waals surface area contributed by atoms with Crippen molar-refractivity contribution in [2.75, 3.05) is 6.61 Å². The zero-order valence-electron chi connectivity index (χ0n) is 19.5. The van der Waals surface area contributed by atoms with Crippen LogP contribution in [0.1, 0.15) is 58.4 Å². The van der Waals surface area contributed by atoms with Gasteiger partial charge >= 0.3 is 5.97 Å². The number of carbonyl (C=O) groups is 1. The summed E-state index contributed by atoms with van der Waals surface area (Å²) in [7, 11) is 0. The normalized spacial score (nSPS) is 13.2. The largest absolute Gasteiger partial charge is 0.464 e. The highest BCUT2D eigenvalue weighted by Gasteiger charge is 2.19. The molecular formula is C28H34O4. The van der Waals surface area contributed by atoms with Gasteiger partial charge in [-0.15, -0.1) is 0 Å². The molecule has 0 saturated heterocycles. The first-order valence-electron chi connectivity index (χ1n) is 11.5. The fraction of sp³-hybridized carbons (Fsp3) is 0.393. The Hall–Kier alpha value is -2.85. The van der Waals surface area contributed by atoms with Gasteiger partial charge in [-0.1, -0.05) is 76.2 Å². The fourth-order valence-corrected chi connectivity index (χ4v) is 3.62. The Morgan fingerprint density at radius 1 is 0.875 bits per heavy atom. The molecule has 0 bridgehead atoms. The maximum absolute atomic E-state index is 12.0. The van der Waals surface area contributed by atoms with Crippen molar-refractivity contribution < 1.29 is 19.0 Å². The van der Waals surface area contributed by atoms with Gasteiger partial charge in [0, 0.05) is 17.7 Å². The lowest BCUT2D eigenvalue weighted by Crippen LogP contribution is -2.27. The van der Waals surface area contributed by atoms with E-state index in [1.54, 1.807) is 12.1 Å². The van der Waals surface area contributed by atoms with E-state index in [4.69, 9.17) is 14.2 Å². The van der Waals surface area contributed by atoms with E-state index in [1.165, 1.54) is 10.9 Å². The van der Waals surface area contributed by atoms with Gasteiger partial charge < -0.3 is 14.2 Å². The molecule has 0 spiro atoms. The number of hydrogen-bond donors (Lipinski definition) is 0. The second-order valence-electron chi connectivity index (χ2n) is 8.50. The Morgan fingerprint density at radius 2 is 1.56 bits per heavy atom. The zero-order chi connectivity index (χ0) is 22.9. The summed E-state index contributed by atoms with van der Waals surface area (Å²) in [4.78, 5) is 12.0. The molecule has 3 aromatic rings. The molecule has 4 nitrogen and oxygen atoms in total. The highest BCUT2D eigenvalue weighted by atomic mass is 16.7. The van der Waals surface area contributed by atoms with Crippen molar-refractivity contribution >= 4 is 16.7 Å². The predicted octanol–water partition coefficient (Wildman–Crippen LogP) is 7.12. The quantitative estimate of drug-likeness (QED) is 0.139. The van der Waals surface area contributed by atoms with E-state index in [1.807, 2.05) is 24.3 Å². The maximum Gasteiger partial charge on any atom is 0.311 e. The van der Waals surface area contributed by atoms with Crippen LogP contribution >= 0.6 is 0 Å². The van der Waals surface area contributed by atoms with Gasteiger partial charge in [-0.2, -0.15) is 0 Å². The highest BCUT2D eigenvalue weighted by Crippen LogP contribution is 2.34. The maximum atomic E-state index is 12.0. The molecule has 0 radical (unpaired) electrons. The number of benzene rings is 3. The van der Waals surface area contributed by atoms with E-state index in [-0.39, 0.29) is 11.9 Å². The fourth-order valence-electron chi connectivity index (χ4n) is 3.62. The van der Waals surface area contributed by atoms with Gasteiger partial charge in [-0.05, 0) is 47.9 Å². The molecule has 0 saturated carbocycles. The van der Waals surface area contributed by atoms with Crippen molar-refractivity contribution in [1.82, 2.24) is 0 Å². The minimum atomic E-state index is -0.391. The molecule has 3 rings (SSSR count). The van der Waals surface area contributed by atoms with Crippen LogP contribution < -0.4 is 9.47 Å². The van der Waals surface area contributed by atoms with Gasteiger partial charge in [0.25, 0.3) is 0 Å². The third-order valence-electron chi connectivity index (χ3n) is 5.63. The Bertz CT molecular complexity index is 997. The summed E-state index contributed by atoms with van der Waals surface area (Å²) in [6, 6.07) is 21.7. The second kappa shape index (κ2) is 11.7. The standard InChI is InChI=1S/C28H34O4/c1-5-21(4)23-17-18-26(25-15-10-9-14-24(23)25)32-28(20(2)3)30-19-11-16-27(29)31-22-12-7-6-8-13-22/h6-10,12-15,17-18,20-21,28H,5,11,16,19H2,1-4H3. The van der Waals surface area contributed by atoms with Crippen LogP contribution in [0.2, 0.25) is 0 Å². The number of fused-ring (bicyclic) bond motifs is 1. The summed E-state index contributed by atoms with van der Waals surface area (Å²) in [6.07, 6.45) is 1.57. The summed E-state index contributed by atoms with van der Waals surface area (Å²) in [5.41, 5.74) is 1.34. The molecule has 170 valence electrons. The first kappa shape index (κ1) is 23.8. The van der Waals surface area contributed by atoms with Crippen LogP contribution in [-0.4, -0.2) is 18.9 Å². The van der Waals surface area contributed by atoms with Gasteiger partial charge in [-0.3, -0.25) is 4.79 Å². The average Bonchev–Trinajstić information content (AvgIpc) is 2.81. The van der Waals surface area contributed by atoms with Crippen LogP contribution in [0.3, 0.4) is 0 Å². The van der Waals surface area contributed by atoms with E-state index >= 15 is 0 Å². The molecule has 0 aromatic heterocycles. The van der Waals surface area contributed by atoms with Crippen LogP contribution in [0, 0.1) is 5.92 Å². The van der Waals surface area contributed by atoms with Crippen molar-refractivity contribution in [3.05, 3.63) is 72.3 Å². The van der Waals surface area contributed by atoms with Crippen LogP contribution in [0.25, 0.3) is 10.8 Å². The average molecular weight is 435 g/mol.